The topological polar surface area (TPSA) is 77.5 Å². The van der Waals surface area contributed by atoms with Crippen molar-refractivity contribution >= 4 is 17.6 Å². The van der Waals surface area contributed by atoms with Crippen LogP contribution in [-0.4, -0.2) is 49.7 Å². The van der Waals surface area contributed by atoms with Crippen molar-refractivity contribution in [1.82, 2.24) is 0 Å². The zero-order valence-corrected chi connectivity index (χ0v) is 16.5. The summed E-state index contributed by atoms with van der Waals surface area (Å²) in [5, 5.41) is 10.7. The first-order valence-corrected chi connectivity index (χ1v) is 9.46. The number of benzene rings is 1. The smallest absolute Gasteiger partial charge is 0.342 e. The highest BCUT2D eigenvalue weighted by atomic mass is 35.5. The van der Waals surface area contributed by atoms with Crippen molar-refractivity contribution in [3.8, 4) is 11.5 Å². The number of esters is 1. The van der Waals surface area contributed by atoms with Crippen molar-refractivity contribution < 1.29 is 28.8 Å². The van der Waals surface area contributed by atoms with Crippen LogP contribution in [0.2, 0.25) is 5.02 Å². The van der Waals surface area contributed by atoms with Gasteiger partial charge in [-0.3, -0.25) is 0 Å². The number of rotatable bonds is 2. The van der Waals surface area contributed by atoms with E-state index in [2.05, 4.69) is 0 Å². The number of carbonyl (C=O) groups is 1. The van der Waals surface area contributed by atoms with Crippen molar-refractivity contribution in [2.24, 2.45) is 0 Å². The fraction of sp³-hybridized carbons (Fsp3) is 0.550. The molecule has 0 unspecified atom stereocenters. The number of allylic oxidation sites excluding steroid dienone is 1. The van der Waals surface area contributed by atoms with Crippen molar-refractivity contribution in [1.29, 1.82) is 0 Å². The van der Waals surface area contributed by atoms with Crippen LogP contribution in [0.5, 0.6) is 11.5 Å². The lowest BCUT2D eigenvalue weighted by atomic mass is 9.98. The number of methoxy groups -OCH3 is 2. The molecule has 3 rings (SSSR count). The van der Waals surface area contributed by atoms with E-state index in [0.717, 1.165) is 12.8 Å². The van der Waals surface area contributed by atoms with Gasteiger partial charge in [-0.15, -0.1) is 0 Å². The van der Waals surface area contributed by atoms with E-state index < -0.39 is 12.1 Å². The number of cyclic esters (lactones) is 1. The van der Waals surface area contributed by atoms with E-state index in [1.165, 1.54) is 14.2 Å². The van der Waals surface area contributed by atoms with Crippen LogP contribution < -0.4 is 9.47 Å². The number of ether oxygens (including phenoxy) is 4. The summed E-state index contributed by atoms with van der Waals surface area (Å²) in [7, 11) is 2.95. The molecule has 1 fully saturated rings. The minimum atomic E-state index is -0.804. The standard InChI is InChI=1S/C20H25ClO6/c1-11-8-15-14(27-15)7-5-4-6-12(22)9-13-18(20(23)26-11)16(24-2)10-17(25-3)19(13)21/h4,6,10-12,14-15,22H,5,7-9H2,1-3H3/t11-,12-,14+,15+/m1/s1. The average Bonchev–Trinajstić information content (AvgIpc) is 3.36. The van der Waals surface area contributed by atoms with Gasteiger partial charge in [-0.05, 0) is 25.3 Å². The largest absolute Gasteiger partial charge is 0.496 e. The van der Waals surface area contributed by atoms with E-state index in [4.69, 9.17) is 30.5 Å². The molecule has 2 aliphatic heterocycles. The quantitative estimate of drug-likeness (QED) is 0.469. The summed E-state index contributed by atoms with van der Waals surface area (Å²) in [6.45, 7) is 1.84. The Kier molecular flexibility index (Phi) is 6.29. The zero-order chi connectivity index (χ0) is 19.6. The summed E-state index contributed by atoms with van der Waals surface area (Å²) < 4.78 is 21.9. The Morgan fingerprint density at radius 1 is 1.22 bits per heavy atom. The van der Waals surface area contributed by atoms with Crippen molar-refractivity contribution in [3.63, 3.8) is 0 Å². The number of epoxide rings is 1. The normalized spacial score (nSPS) is 28.4. The summed E-state index contributed by atoms with van der Waals surface area (Å²) >= 11 is 6.46. The Bertz CT molecular complexity index is 732. The number of halogens is 1. The first-order chi connectivity index (χ1) is 12.9. The molecule has 1 N–H and O–H groups in total. The molecule has 0 radical (unpaired) electrons. The second kappa shape index (κ2) is 8.50. The lowest BCUT2D eigenvalue weighted by molar-refractivity contribution is 0.0305. The second-order valence-corrected chi connectivity index (χ2v) is 7.27. The number of aliphatic hydroxyl groups excluding tert-OH is 1. The lowest BCUT2D eigenvalue weighted by Gasteiger charge is -2.20. The second-order valence-electron chi connectivity index (χ2n) is 6.89. The first kappa shape index (κ1) is 20.0. The average molecular weight is 397 g/mol. The van der Waals surface area contributed by atoms with E-state index >= 15 is 0 Å². The predicted octanol–water partition coefficient (Wildman–Crippen LogP) is 3.31. The number of hydrogen-bond acceptors (Lipinski definition) is 6. The van der Waals surface area contributed by atoms with Gasteiger partial charge >= 0.3 is 5.97 Å². The Labute approximate surface area is 164 Å². The molecule has 4 atom stereocenters. The molecule has 0 saturated carbocycles. The van der Waals surface area contributed by atoms with Crippen LogP contribution >= 0.6 is 11.6 Å². The molecule has 0 bridgehead atoms. The maximum atomic E-state index is 12.9. The summed E-state index contributed by atoms with van der Waals surface area (Å²) in [5.74, 6) is 0.135. The fourth-order valence-electron chi connectivity index (χ4n) is 3.44. The van der Waals surface area contributed by atoms with Gasteiger partial charge in [0.1, 0.15) is 23.2 Å². The van der Waals surface area contributed by atoms with Gasteiger partial charge in [-0.1, -0.05) is 23.8 Å². The van der Waals surface area contributed by atoms with Gasteiger partial charge in [-0.2, -0.15) is 0 Å². The van der Waals surface area contributed by atoms with Crippen LogP contribution in [0.15, 0.2) is 18.2 Å². The molecule has 7 heteroatoms. The molecule has 2 heterocycles. The maximum Gasteiger partial charge on any atom is 0.342 e. The van der Waals surface area contributed by atoms with E-state index in [-0.39, 0.29) is 35.3 Å². The molecule has 0 aromatic heterocycles. The number of aliphatic hydroxyl groups is 1. The van der Waals surface area contributed by atoms with Gasteiger partial charge in [0.2, 0.25) is 0 Å². The molecule has 1 aromatic carbocycles. The van der Waals surface area contributed by atoms with Crippen LogP contribution in [0.3, 0.4) is 0 Å². The van der Waals surface area contributed by atoms with Crippen LogP contribution in [0.4, 0.5) is 0 Å². The van der Waals surface area contributed by atoms with Crippen LogP contribution in [0, 0.1) is 0 Å². The molecular formula is C20H25ClO6. The third-order valence-corrected chi connectivity index (χ3v) is 5.30. The highest BCUT2D eigenvalue weighted by molar-refractivity contribution is 6.33. The Morgan fingerprint density at radius 2 is 1.96 bits per heavy atom. The fourth-order valence-corrected chi connectivity index (χ4v) is 3.74. The van der Waals surface area contributed by atoms with Gasteiger partial charge in [0.05, 0.1) is 37.6 Å². The summed E-state index contributed by atoms with van der Waals surface area (Å²) in [4.78, 5) is 12.9. The SMILES string of the molecule is COc1cc(OC)c2c(c1Cl)C[C@H](O)C=CCC[C@@H]1O[C@H]1C[C@@H](C)OC2=O. The highest BCUT2D eigenvalue weighted by Gasteiger charge is 2.39. The van der Waals surface area contributed by atoms with Crippen molar-refractivity contribution in [3.05, 3.63) is 34.4 Å². The van der Waals surface area contributed by atoms with E-state index in [1.54, 1.807) is 12.1 Å². The third-order valence-electron chi connectivity index (χ3n) is 4.89. The number of carbonyl (C=O) groups excluding carboxylic acids is 1. The molecule has 1 aromatic rings. The molecular weight excluding hydrogens is 372 g/mol. The van der Waals surface area contributed by atoms with E-state index in [1.807, 2.05) is 13.0 Å². The molecule has 2 aliphatic rings. The number of fused-ring (bicyclic) bond motifs is 2. The van der Waals surface area contributed by atoms with Crippen molar-refractivity contribution in [2.75, 3.05) is 14.2 Å². The van der Waals surface area contributed by atoms with Crippen LogP contribution in [0.1, 0.15) is 42.1 Å². The minimum absolute atomic E-state index is 0.106. The Morgan fingerprint density at radius 3 is 2.67 bits per heavy atom. The molecule has 0 spiro atoms. The molecule has 27 heavy (non-hydrogen) atoms. The minimum Gasteiger partial charge on any atom is -0.496 e. The van der Waals surface area contributed by atoms with Gasteiger partial charge < -0.3 is 24.1 Å². The number of hydrogen-bond donors (Lipinski definition) is 1. The third kappa shape index (κ3) is 4.57. The summed E-state index contributed by atoms with van der Waals surface area (Å²) in [5.41, 5.74) is 0.660. The zero-order valence-electron chi connectivity index (χ0n) is 15.7. The first-order valence-electron chi connectivity index (χ1n) is 9.09. The van der Waals surface area contributed by atoms with E-state index in [0.29, 0.717) is 23.5 Å². The van der Waals surface area contributed by atoms with E-state index in [9.17, 15) is 9.90 Å². The molecule has 148 valence electrons. The molecule has 1 saturated heterocycles. The summed E-state index contributed by atoms with van der Waals surface area (Å²) in [6.07, 6.45) is 5.31. The molecule has 0 amide bonds. The van der Waals surface area contributed by atoms with Crippen molar-refractivity contribution in [2.45, 2.75) is 57.0 Å². The Hall–Kier alpha value is -1.76. The van der Waals surface area contributed by atoms with Crippen LogP contribution in [-0.2, 0) is 15.9 Å². The molecule has 0 aliphatic carbocycles. The summed E-state index contributed by atoms with van der Waals surface area (Å²) in [6, 6.07) is 1.55. The van der Waals surface area contributed by atoms with Gasteiger partial charge in [0.15, 0.2) is 0 Å². The molecule has 6 nitrogen and oxygen atoms in total. The highest BCUT2D eigenvalue weighted by Crippen LogP contribution is 2.39. The maximum absolute atomic E-state index is 12.9. The Balaban J connectivity index is 2.02. The lowest BCUT2D eigenvalue weighted by Crippen LogP contribution is -2.21. The van der Waals surface area contributed by atoms with Crippen LogP contribution in [0.25, 0.3) is 0 Å². The predicted molar refractivity (Wildman–Crippen MR) is 101 cm³/mol. The van der Waals surface area contributed by atoms with Gasteiger partial charge in [0, 0.05) is 18.9 Å². The van der Waals surface area contributed by atoms with Gasteiger partial charge in [-0.25, -0.2) is 4.79 Å². The van der Waals surface area contributed by atoms with Gasteiger partial charge in [0.25, 0.3) is 0 Å². The monoisotopic (exact) mass is 396 g/mol.